The van der Waals surface area contributed by atoms with Crippen molar-refractivity contribution in [2.24, 2.45) is 5.92 Å². The molecular formula is C14H15FN2. The van der Waals surface area contributed by atoms with Crippen LogP contribution in [0, 0.1) is 11.9 Å². The maximum Gasteiger partial charge on any atom is 0.216 e. The maximum absolute atomic E-state index is 13.4. The molecule has 1 aliphatic carbocycles. The van der Waals surface area contributed by atoms with E-state index < -0.39 is 0 Å². The molecule has 1 saturated carbocycles. The molecule has 0 unspecified atom stereocenters. The van der Waals surface area contributed by atoms with Gasteiger partial charge in [-0.3, -0.25) is 5.10 Å². The molecule has 1 aromatic carbocycles. The molecule has 0 bridgehead atoms. The van der Waals surface area contributed by atoms with Gasteiger partial charge in [0.2, 0.25) is 5.95 Å². The van der Waals surface area contributed by atoms with Gasteiger partial charge in [-0.15, -0.1) is 0 Å². The second-order valence-corrected chi connectivity index (χ2v) is 4.85. The largest absolute Gasteiger partial charge is 0.252 e. The van der Waals surface area contributed by atoms with Crippen LogP contribution in [0.5, 0.6) is 0 Å². The first-order valence-corrected chi connectivity index (χ1v) is 5.98. The number of halogens is 1. The first kappa shape index (κ1) is 10.5. The molecule has 1 aromatic heterocycles. The van der Waals surface area contributed by atoms with Gasteiger partial charge in [0.15, 0.2) is 0 Å². The van der Waals surface area contributed by atoms with Crippen LogP contribution in [0.2, 0.25) is 0 Å². The summed E-state index contributed by atoms with van der Waals surface area (Å²) < 4.78 is 13.4. The second kappa shape index (κ2) is 3.69. The summed E-state index contributed by atoms with van der Waals surface area (Å²) in [4.78, 5) is 0. The molecular weight excluding hydrogens is 215 g/mol. The van der Waals surface area contributed by atoms with Gasteiger partial charge in [0.05, 0.1) is 10.9 Å². The van der Waals surface area contributed by atoms with E-state index in [1.54, 1.807) is 0 Å². The first-order valence-electron chi connectivity index (χ1n) is 5.98. The van der Waals surface area contributed by atoms with Gasteiger partial charge in [-0.05, 0) is 55.9 Å². The van der Waals surface area contributed by atoms with Crippen LogP contribution in [0.25, 0.3) is 16.5 Å². The number of aromatic amines is 1. The Morgan fingerprint density at radius 3 is 2.82 bits per heavy atom. The zero-order chi connectivity index (χ0) is 12.0. The molecule has 0 radical (unpaired) electrons. The lowest BCUT2D eigenvalue weighted by Gasteiger charge is -2.07. The SMILES string of the molecule is C/C(=C(\C)C1CC1)c1ccc2n[nH]c(F)c2c1. The monoisotopic (exact) mass is 230 g/mol. The van der Waals surface area contributed by atoms with E-state index in [1.807, 2.05) is 18.2 Å². The van der Waals surface area contributed by atoms with E-state index in [2.05, 4.69) is 24.0 Å². The van der Waals surface area contributed by atoms with Crippen LogP contribution in [-0.2, 0) is 0 Å². The molecule has 3 heteroatoms. The summed E-state index contributed by atoms with van der Waals surface area (Å²) in [6.07, 6.45) is 2.59. The molecule has 1 aliphatic rings. The summed E-state index contributed by atoms with van der Waals surface area (Å²) in [6, 6.07) is 5.77. The predicted molar refractivity (Wildman–Crippen MR) is 67.0 cm³/mol. The van der Waals surface area contributed by atoms with Crippen LogP contribution in [0.1, 0.15) is 32.3 Å². The highest BCUT2D eigenvalue weighted by Gasteiger charge is 2.24. The third kappa shape index (κ3) is 1.75. The molecule has 88 valence electrons. The van der Waals surface area contributed by atoms with E-state index in [1.165, 1.54) is 24.0 Å². The standard InChI is InChI=1S/C14H15FN2/c1-8(10-3-4-10)9(2)11-5-6-13-12(7-11)14(15)17-16-13/h5-7,10H,3-4H2,1-2H3,(H,16,17)/b9-8-. The minimum absolute atomic E-state index is 0.348. The summed E-state index contributed by atoms with van der Waals surface area (Å²) in [5.74, 6) is 0.401. The topological polar surface area (TPSA) is 28.7 Å². The van der Waals surface area contributed by atoms with Gasteiger partial charge in [-0.2, -0.15) is 9.49 Å². The van der Waals surface area contributed by atoms with Crippen molar-refractivity contribution in [2.45, 2.75) is 26.7 Å². The lowest BCUT2D eigenvalue weighted by molar-refractivity contribution is 0.588. The van der Waals surface area contributed by atoms with Crippen molar-refractivity contribution in [3.05, 3.63) is 35.3 Å². The Labute approximate surface area is 99.5 Å². The Bertz CT molecular complexity index is 606. The van der Waals surface area contributed by atoms with Crippen LogP contribution in [0.3, 0.4) is 0 Å². The quantitative estimate of drug-likeness (QED) is 0.832. The van der Waals surface area contributed by atoms with E-state index in [0.717, 1.165) is 11.5 Å². The van der Waals surface area contributed by atoms with Gasteiger partial charge in [0, 0.05) is 0 Å². The lowest BCUT2D eigenvalue weighted by atomic mass is 9.98. The third-order valence-electron chi connectivity index (χ3n) is 3.72. The number of nitrogens with zero attached hydrogens (tertiary/aromatic N) is 1. The van der Waals surface area contributed by atoms with Crippen molar-refractivity contribution in [1.29, 1.82) is 0 Å². The molecule has 1 heterocycles. The molecule has 17 heavy (non-hydrogen) atoms. The highest BCUT2D eigenvalue weighted by atomic mass is 19.1. The molecule has 1 fully saturated rings. The highest BCUT2D eigenvalue weighted by Crippen LogP contribution is 2.39. The molecule has 0 spiro atoms. The van der Waals surface area contributed by atoms with Crippen LogP contribution in [0.4, 0.5) is 4.39 Å². The summed E-state index contributed by atoms with van der Waals surface area (Å²) in [6.45, 7) is 4.30. The smallest absolute Gasteiger partial charge is 0.216 e. The van der Waals surface area contributed by atoms with E-state index in [9.17, 15) is 4.39 Å². The van der Waals surface area contributed by atoms with Crippen molar-refractivity contribution >= 4 is 16.5 Å². The van der Waals surface area contributed by atoms with Crippen molar-refractivity contribution in [1.82, 2.24) is 10.2 Å². The number of aromatic nitrogens is 2. The van der Waals surface area contributed by atoms with E-state index in [0.29, 0.717) is 10.9 Å². The third-order valence-corrected chi connectivity index (χ3v) is 3.72. The fourth-order valence-corrected chi connectivity index (χ4v) is 2.26. The summed E-state index contributed by atoms with van der Waals surface area (Å²) in [5, 5.41) is 6.84. The highest BCUT2D eigenvalue weighted by molar-refractivity contribution is 5.83. The van der Waals surface area contributed by atoms with E-state index >= 15 is 0 Å². The first-order chi connectivity index (χ1) is 8.16. The molecule has 2 aromatic rings. The Morgan fingerprint density at radius 2 is 2.12 bits per heavy atom. The molecule has 2 nitrogen and oxygen atoms in total. The molecule has 0 saturated heterocycles. The van der Waals surface area contributed by atoms with E-state index in [4.69, 9.17) is 0 Å². The number of hydrogen-bond donors (Lipinski definition) is 1. The average Bonchev–Trinajstić information content (AvgIpc) is 3.13. The van der Waals surface area contributed by atoms with Gasteiger partial charge in [-0.1, -0.05) is 11.6 Å². The number of rotatable bonds is 2. The Hall–Kier alpha value is -1.64. The number of fused-ring (bicyclic) bond motifs is 1. The second-order valence-electron chi connectivity index (χ2n) is 4.85. The molecule has 3 rings (SSSR count). The van der Waals surface area contributed by atoms with Crippen LogP contribution in [-0.4, -0.2) is 10.2 Å². The van der Waals surface area contributed by atoms with Gasteiger partial charge in [0.1, 0.15) is 0 Å². The van der Waals surface area contributed by atoms with Crippen molar-refractivity contribution < 1.29 is 4.39 Å². The fraction of sp³-hybridized carbons (Fsp3) is 0.357. The van der Waals surface area contributed by atoms with Crippen LogP contribution < -0.4 is 0 Å². The minimum atomic E-state index is -0.348. The molecule has 0 aliphatic heterocycles. The van der Waals surface area contributed by atoms with Crippen molar-refractivity contribution in [3.63, 3.8) is 0 Å². The van der Waals surface area contributed by atoms with Gasteiger partial charge >= 0.3 is 0 Å². The predicted octanol–water partition coefficient (Wildman–Crippen LogP) is 3.91. The van der Waals surface area contributed by atoms with Crippen molar-refractivity contribution in [3.8, 4) is 0 Å². The Balaban J connectivity index is 2.10. The minimum Gasteiger partial charge on any atom is -0.252 e. The zero-order valence-electron chi connectivity index (χ0n) is 10.0. The fourth-order valence-electron chi connectivity index (χ4n) is 2.26. The Morgan fingerprint density at radius 1 is 1.35 bits per heavy atom. The van der Waals surface area contributed by atoms with Gasteiger partial charge in [0.25, 0.3) is 0 Å². The Kier molecular flexibility index (Phi) is 2.28. The summed E-state index contributed by atoms with van der Waals surface area (Å²) in [5.41, 5.74) is 4.49. The van der Waals surface area contributed by atoms with Crippen LogP contribution >= 0.6 is 0 Å². The summed E-state index contributed by atoms with van der Waals surface area (Å²) >= 11 is 0. The lowest BCUT2D eigenvalue weighted by Crippen LogP contribution is -1.87. The normalized spacial score (nSPS) is 17.4. The number of benzene rings is 1. The van der Waals surface area contributed by atoms with Crippen LogP contribution in [0.15, 0.2) is 23.8 Å². The van der Waals surface area contributed by atoms with Gasteiger partial charge < -0.3 is 0 Å². The molecule has 1 N–H and O–H groups in total. The van der Waals surface area contributed by atoms with E-state index in [-0.39, 0.29) is 5.95 Å². The number of allylic oxidation sites excluding steroid dienone is 2. The summed E-state index contributed by atoms with van der Waals surface area (Å²) in [7, 11) is 0. The molecule has 0 atom stereocenters. The average molecular weight is 230 g/mol. The van der Waals surface area contributed by atoms with Crippen molar-refractivity contribution in [2.75, 3.05) is 0 Å². The zero-order valence-corrected chi connectivity index (χ0v) is 10.0. The van der Waals surface area contributed by atoms with Gasteiger partial charge in [-0.25, -0.2) is 0 Å². The molecule has 0 amide bonds. The number of H-pyrrole nitrogens is 1. The number of nitrogens with one attached hydrogen (secondary N) is 1. The number of hydrogen-bond acceptors (Lipinski definition) is 1. The maximum atomic E-state index is 13.4.